The molecule has 2 fully saturated rings. The van der Waals surface area contributed by atoms with Gasteiger partial charge < -0.3 is 10.2 Å². The fourth-order valence-electron chi connectivity index (χ4n) is 4.11. The van der Waals surface area contributed by atoms with E-state index in [-0.39, 0.29) is 0 Å². The third kappa shape index (κ3) is 3.08. The van der Waals surface area contributed by atoms with Gasteiger partial charge in [0.25, 0.3) is 0 Å². The van der Waals surface area contributed by atoms with Crippen LogP contribution in [-0.2, 0) is 0 Å². The molecule has 0 amide bonds. The van der Waals surface area contributed by atoms with Gasteiger partial charge in [0.1, 0.15) is 0 Å². The minimum Gasteiger partial charge on any atom is -0.312 e. The molecule has 2 aliphatic carbocycles. The van der Waals surface area contributed by atoms with Gasteiger partial charge in [0.05, 0.1) is 0 Å². The maximum atomic E-state index is 3.93. The number of rotatable bonds is 5. The molecule has 18 heavy (non-hydrogen) atoms. The van der Waals surface area contributed by atoms with Crippen LogP contribution in [0.5, 0.6) is 0 Å². The van der Waals surface area contributed by atoms with Crippen LogP contribution in [0.15, 0.2) is 0 Å². The zero-order chi connectivity index (χ0) is 13.0. The van der Waals surface area contributed by atoms with Crippen molar-refractivity contribution in [2.24, 2.45) is 5.92 Å². The van der Waals surface area contributed by atoms with E-state index < -0.39 is 0 Å². The lowest BCUT2D eigenvalue weighted by Gasteiger charge is -2.44. The molecule has 0 radical (unpaired) electrons. The van der Waals surface area contributed by atoms with Crippen molar-refractivity contribution in [3.05, 3.63) is 0 Å². The normalized spacial score (nSPS) is 32.0. The van der Waals surface area contributed by atoms with E-state index in [2.05, 4.69) is 31.2 Å². The fourth-order valence-corrected chi connectivity index (χ4v) is 4.11. The molecule has 2 atom stereocenters. The predicted molar refractivity (Wildman–Crippen MR) is 78.9 cm³/mol. The largest absolute Gasteiger partial charge is 0.312 e. The second-order valence-electron chi connectivity index (χ2n) is 6.77. The molecule has 2 saturated carbocycles. The lowest BCUT2D eigenvalue weighted by molar-refractivity contribution is 0.0930. The zero-order valence-corrected chi connectivity index (χ0v) is 12.7. The van der Waals surface area contributed by atoms with Crippen molar-refractivity contribution in [1.29, 1.82) is 0 Å². The summed E-state index contributed by atoms with van der Waals surface area (Å²) >= 11 is 0. The number of nitrogens with one attached hydrogen (secondary N) is 1. The second kappa shape index (κ2) is 6.38. The van der Waals surface area contributed by atoms with E-state index >= 15 is 0 Å². The minimum atomic E-state index is 0.444. The van der Waals surface area contributed by atoms with E-state index in [1.165, 1.54) is 64.3 Å². The predicted octanol–water partition coefficient (Wildman–Crippen LogP) is 3.42. The molecule has 0 spiro atoms. The molecule has 0 heterocycles. The molecule has 2 rings (SSSR count). The Morgan fingerprint density at radius 3 is 2.39 bits per heavy atom. The first-order chi connectivity index (χ1) is 8.68. The van der Waals surface area contributed by atoms with E-state index in [9.17, 15) is 0 Å². The lowest BCUT2D eigenvalue weighted by Crippen LogP contribution is -2.54. The van der Waals surface area contributed by atoms with Gasteiger partial charge in [-0.15, -0.1) is 0 Å². The van der Waals surface area contributed by atoms with Crippen molar-refractivity contribution in [1.82, 2.24) is 10.2 Å². The van der Waals surface area contributed by atoms with Crippen LogP contribution in [0.4, 0.5) is 0 Å². The third-order valence-corrected chi connectivity index (χ3v) is 5.61. The summed E-state index contributed by atoms with van der Waals surface area (Å²) in [5, 5.41) is 3.93. The number of nitrogens with zero attached hydrogens (tertiary/aromatic N) is 1. The average molecular weight is 252 g/mol. The van der Waals surface area contributed by atoms with E-state index in [1.807, 2.05) is 0 Å². The SMILES string of the molecule is CCC1CCCC1NCC1(N(C)C)CCCCC1. The first kappa shape index (κ1) is 14.3. The van der Waals surface area contributed by atoms with Crippen LogP contribution < -0.4 is 5.32 Å². The van der Waals surface area contributed by atoms with Crippen LogP contribution in [0.2, 0.25) is 0 Å². The molecular formula is C16H32N2. The molecule has 0 aromatic heterocycles. The highest BCUT2D eigenvalue weighted by Gasteiger charge is 2.35. The number of hydrogen-bond donors (Lipinski definition) is 1. The van der Waals surface area contributed by atoms with Crippen LogP contribution in [0, 0.1) is 5.92 Å². The molecule has 1 N–H and O–H groups in total. The highest BCUT2D eigenvalue weighted by atomic mass is 15.2. The van der Waals surface area contributed by atoms with Gasteiger partial charge in [-0.25, -0.2) is 0 Å². The summed E-state index contributed by atoms with van der Waals surface area (Å²) in [6.07, 6.45) is 12.7. The number of hydrogen-bond acceptors (Lipinski definition) is 2. The van der Waals surface area contributed by atoms with Gasteiger partial charge in [0, 0.05) is 18.1 Å². The molecule has 0 saturated heterocycles. The summed E-state index contributed by atoms with van der Waals surface area (Å²) in [5.74, 6) is 0.938. The van der Waals surface area contributed by atoms with Crippen LogP contribution in [-0.4, -0.2) is 37.1 Å². The number of likely N-dealkylation sites (N-methyl/N-ethyl adjacent to an activating group) is 1. The fraction of sp³-hybridized carbons (Fsp3) is 1.00. The van der Waals surface area contributed by atoms with E-state index in [4.69, 9.17) is 0 Å². The summed E-state index contributed by atoms with van der Waals surface area (Å²) in [6, 6.07) is 0.800. The van der Waals surface area contributed by atoms with Crippen molar-refractivity contribution < 1.29 is 0 Å². The van der Waals surface area contributed by atoms with Gasteiger partial charge in [0.15, 0.2) is 0 Å². The Kier molecular flexibility index (Phi) is 5.08. The third-order valence-electron chi connectivity index (χ3n) is 5.61. The van der Waals surface area contributed by atoms with Crippen molar-refractivity contribution in [2.45, 2.75) is 76.3 Å². The Labute approximate surface area is 114 Å². The van der Waals surface area contributed by atoms with Crippen molar-refractivity contribution in [3.8, 4) is 0 Å². The Hall–Kier alpha value is -0.0800. The second-order valence-corrected chi connectivity index (χ2v) is 6.77. The molecule has 2 heteroatoms. The Morgan fingerprint density at radius 2 is 1.78 bits per heavy atom. The molecule has 2 aliphatic rings. The molecule has 0 aromatic rings. The summed E-state index contributed by atoms with van der Waals surface area (Å²) in [5.41, 5.74) is 0.444. The Bertz CT molecular complexity index is 243. The molecule has 106 valence electrons. The summed E-state index contributed by atoms with van der Waals surface area (Å²) in [7, 11) is 4.55. The van der Waals surface area contributed by atoms with Gasteiger partial charge >= 0.3 is 0 Å². The molecular weight excluding hydrogens is 220 g/mol. The van der Waals surface area contributed by atoms with E-state index in [1.54, 1.807) is 0 Å². The molecule has 0 bridgehead atoms. The molecule has 0 aliphatic heterocycles. The highest BCUT2D eigenvalue weighted by molar-refractivity contribution is 4.95. The van der Waals surface area contributed by atoms with Crippen LogP contribution >= 0.6 is 0 Å². The molecule has 2 unspecified atom stereocenters. The Balaban J connectivity index is 1.89. The first-order valence-electron chi connectivity index (χ1n) is 8.09. The summed E-state index contributed by atoms with van der Waals surface area (Å²) < 4.78 is 0. The summed E-state index contributed by atoms with van der Waals surface area (Å²) in [6.45, 7) is 3.56. The van der Waals surface area contributed by atoms with Crippen LogP contribution in [0.1, 0.15) is 64.7 Å². The molecule has 2 nitrogen and oxygen atoms in total. The lowest BCUT2D eigenvalue weighted by atomic mass is 9.80. The topological polar surface area (TPSA) is 15.3 Å². The monoisotopic (exact) mass is 252 g/mol. The van der Waals surface area contributed by atoms with Crippen molar-refractivity contribution in [3.63, 3.8) is 0 Å². The average Bonchev–Trinajstić information content (AvgIpc) is 2.84. The van der Waals surface area contributed by atoms with Crippen LogP contribution in [0.25, 0.3) is 0 Å². The van der Waals surface area contributed by atoms with Gasteiger partial charge in [-0.3, -0.25) is 0 Å². The van der Waals surface area contributed by atoms with E-state index in [0.717, 1.165) is 12.0 Å². The van der Waals surface area contributed by atoms with E-state index in [0.29, 0.717) is 5.54 Å². The quantitative estimate of drug-likeness (QED) is 0.806. The van der Waals surface area contributed by atoms with Gasteiger partial charge in [-0.1, -0.05) is 39.0 Å². The maximum absolute atomic E-state index is 3.93. The van der Waals surface area contributed by atoms with Crippen LogP contribution in [0.3, 0.4) is 0 Å². The van der Waals surface area contributed by atoms with Crippen molar-refractivity contribution >= 4 is 0 Å². The van der Waals surface area contributed by atoms with Gasteiger partial charge in [-0.2, -0.15) is 0 Å². The van der Waals surface area contributed by atoms with Crippen molar-refractivity contribution in [2.75, 3.05) is 20.6 Å². The maximum Gasteiger partial charge on any atom is 0.0327 e. The van der Waals surface area contributed by atoms with Gasteiger partial charge in [-0.05, 0) is 45.7 Å². The standard InChI is InChI=1S/C16H32N2/c1-4-14-9-8-10-15(14)17-13-16(18(2)3)11-6-5-7-12-16/h14-15,17H,4-13H2,1-3H3. The molecule has 0 aromatic carbocycles. The minimum absolute atomic E-state index is 0.444. The first-order valence-corrected chi connectivity index (χ1v) is 8.09. The summed E-state index contributed by atoms with van der Waals surface area (Å²) in [4.78, 5) is 2.50. The highest BCUT2D eigenvalue weighted by Crippen LogP contribution is 2.33. The zero-order valence-electron chi connectivity index (χ0n) is 12.7. The Morgan fingerprint density at radius 1 is 1.06 bits per heavy atom. The smallest absolute Gasteiger partial charge is 0.0327 e. The van der Waals surface area contributed by atoms with Gasteiger partial charge in [0.2, 0.25) is 0 Å².